The number of nitrogens with zero attached hydrogens (tertiary/aromatic N) is 2. The van der Waals surface area contributed by atoms with Crippen LogP contribution in [0.1, 0.15) is 33.1 Å². The largest absolute Gasteiger partial charge is 0.393 e. The molecular weight excluding hydrogens is 188 g/mol. The molecule has 1 heterocycles. The van der Waals surface area contributed by atoms with Crippen molar-refractivity contribution >= 4 is 0 Å². The van der Waals surface area contributed by atoms with Gasteiger partial charge in [-0.3, -0.25) is 0 Å². The molecule has 1 aliphatic rings. The van der Waals surface area contributed by atoms with E-state index in [0.717, 1.165) is 19.4 Å². The van der Waals surface area contributed by atoms with E-state index in [1.54, 1.807) is 0 Å². The predicted octanol–water partition coefficient (Wildman–Crippen LogP) is 1.18. The van der Waals surface area contributed by atoms with E-state index in [1.165, 1.54) is 39.1 Å². The van der Waals surface area contributed by atoms with Crippen LogP contribution < -0.4 is 0 Å². The third-order valence-electron chi connectivity index (χ3n) is 3.10. The third-order valence-corrected chi connectivity index (χ3v) is 3.10. The SMILES string of the molecule is CCCN1CCN(CCCC(C)O)CC1. The van der Waals surface area contributed by atoms with Crippen LogP contribution >= 0.6 is 0 Å². The van der Waals surface area contributed by atoms with Gasteiger partial charge in [-0.25, -0.2) is 0 Å². The molecule has 0 radical (unpaired) electrons. The lowest BCUT2D eigenvalue weighted by molar-refractivity contribution is 0.122. The van der Waals surface area contributed by atoms with Gasteiger partial charge in [0.25, 0.3) is 0 Å². The standard InChI is InChI=1S/C12H26N2O/c1-3-6-13-8-10-14(11-9-13)7-4-5-12(2)15/h12,15H,3-11H2,1-2H3. The summed E-state index contributed by atoms with van der Waals surface area (Å²) >= 11 is 0. The van der Waals surface area contributed by atoms with Crippen LogP contribution in [-0.4, -0.2) is 60.3 Å². The zero-order valence-electron chi connectivity index (χ0n) is 10.3. The van der Waals surface area contributed by atoms with Crippen LogP contribution in [0, 0.1) is 0 Å². The molecule has 0 spiro atoms. The maximum atomic E-state index is 9.17. The van der Waals surface area contributed by atoms with E-state index >= 15 is 0 Å². The summed E-state index contributed by atoms with van der Waals surface area (Å²) in [6.45, 7) is 11.4. The summed E-state index contributed by atoms with van der Waals surface area (Å²) in [6, 6.07) is 0. The molecule has 0 aliphatic carbocycles. The fourth-order valence-corrected chi connectivity index (χ4v) is 2.16. The number of aliphatic hydroxyl groups excluding tert-OH is 1. The lowest BCUT2D eigenvalue weighted by Crippen LogP contribution is -2.46. The summed E-state index contributed by atoms with van der Waals surface area (Å²) in [7, 11) is 0. The quantitative estimate of drug-likeness (QED) is 0.719. The molecule has 1 aliphatic heterocycles. The van der Waals surface area contributed by atoms with Gasteiger partial charge in [0, 0.05) is 26.2 Å². The molecule has 90 valence electrons. The molecule has 1 N–H and O–H groups in total. The topological polar surface area (TPSA) is 26.7 Å². The zero-order chi connectivity index (χ0) is 11.1. The second-order valence-electron chi connectivity index (χ2n) is 4.67. The Bertz CT molecular complexity index is 154. The molecule has 0 bridgehead atoms. The molecule has 1 rings (SSSR count). The second-order valence-corrected chi connectivity index (χ2v) is 4.67. The molecule has 1 unspecified atom stereocenters. The molecule has 1 atom stereocenters. The van der Waals surface area contributed by atoms with Gasteiger partial charge in [-0.1, -0.05) is 6.92 Å². The van der Waals surface area contributed by atoms with Gasteiger partial charge in [0.2, 0.25) is 0 Å². The van der Waals surface area contributed by atoms with Crippen molar-refractivity contribution in [3.8, 4) is 0 Å². The lowest BCUT2D eigenvalue weighted by Gasteiger charge is -2.34. The Morgan fingerprint density at radius 3 is 2.07 bits per heavy atom. The van der Waals surface area contributed by atoms with E-state index < -0.39 is 0 Å². The van der Waals surface area contributed by atoms with E-state index in [1.807, 2.05) is 6.92 Å². The summed E-state index contributed by atoms with van der Waals surface area (Å²) in [5.41, 5.74) is 0. The Balaban J connectivity index is 2.04. The average molecular weight is 214 g/mol. The van der Waals surface area contributed by atoms with Gasteiger partial charge in [0.1, 0.15) is 0 Å². The van der Waals surface area contributed by atoms with Crippen molar-refractivity contribution in [2.45, 2.75) is 39.2 Å². The number of hydrogen-bond acceptors (Lipinski definition) is 3. The molecular formula is C12H26N2O. The summed E-state index contributed by atoms with van der Waals surface area (Å²) in [4.78, 5) is 5.07. The van der Waals surface area contributed by atoms with E-state index in [4.69, 9.17) is 5.11 Å². The molecule has 1 fully saturated rings. The van der Waals surface area contributed by atoms with Crippen molar-refractivity contribution in [1.29, 1.82) is 0 Å². The first-order valence-corrected chi connectivity index (χ1v) is 6.35. The highest BCUT2D eigenvalue weighted by Crippen LogP contribution is 2.05. The fraction of sp³-hybridized carbons (Fsp3) is 1.00. The molecule has 3 heteroatoms. The van der Waals surface area contributed by atoms with Crippen molar-refractivity contribution in [3.63, 3.8) is 0 Å². The Hall–Kier alpha value is -0.120. The normalized spacial score (nSPS) is 21.8. The number of hydrogen-bond donors (Lipinski definition) is 1. The second kappa shape index (κ2) is 7.20. The Labute approximate surface area is 94.1 Å². The Morgan fingerprint density at radius 1 is 1.07 bits per heavy atom. The van der Waals surface area contributed by atoms with Gasteiger partial charge < -0.3 is 14.9 Å². The first kappa shape index (κ1) is 12.9. The summed E-state index contributed by atoms with van der Waals surface area (Å²) in [5, 5.41) is 9.17. The van der Waals surface area contributed by atoms with Crippen molar-refractivity contribution in [1.82, 2.24) is 9.80 Å². The van der Waals surface area contributed by atoms with Crippen molar-refractivity contribution in [2.24, 2.45) is 0 Å². The Morgan fingerprint density at radius 2 is 1.60 bits per heavy atom. The van der Waals surface area contributed by atoms with E-state index in [9.17, 15) is 0 Å². The monoisotopic (exact) mass is 214 g/mol. The van der Waals surface area contributed by atoms with Crippen molar-refractivity contribution < 1.29 is 5.11 Å². The van der Waals surface area contributed by atoms with Crippen LogP contribution in [0.3, 0.4) is 0 Å². The molecule has 0 amide bonds. The zero-order valence-corrected chi connectivity index (χ0v) is 10.3. The van der Waals surface area contributed by atoms with Crippen LogP contribution in [0.5, 0.6) is 0 Å². The summed E-state index contributed by atoms with van der Waals surface area (Å²) < 4.78 is 0. The molecule has 0 saturated carbocycles. The number of piperazine rings is 1. The first-order chi connectivity index (χ1) is 7.22. The maximum Gasteiger partial charge on any atom is 0.0512 e. The van der Waals surface area contributed by atoms with E-state index in [-0.39, 0.29) is 6.10 Å². The molecule has 0 aromatic heterocycles. The highest BCUT2D eigenvalue weighted by molar-refractivity contribution is 4.71. The van der Waals surface area contributed by atoms with E-state index in [0.29, 0.717) is 0 Å². The summed E-state index contributed by atoms with van der Waals surface area (Å²) in [6.07, 6.45) is 3.20. The van der Waals surface area contributed by atoms with Gasteiger partial charge in [-0.15, -0.1) is 0 Å². The lowest BCUT2D eigenvalue weighted by atomic mass is 10.2. The molecule has 1 saturated heterocycles. The van der Waals surface area contributed by atoms with Crippen LogP contribution in [0.2, 0.25) is 0 Å². The average Bonchev–Trinajstić information content (AvgIpc) is 2.20. The van der Waals surface area contributed by atoms with Gasteiger partial charge in [-0.05, 0) is 39.3 Å². The summed E-state index contributed by atoms with van der Waals surface area (Å²) in [5.74, 6) is 0. The fourth-order valence-electron chi connectivity index (χ4n) is 2.16. The number of aliphatic hydroxyl groups is 1. The van der Waals surface area contributed by atoms with Gasteiger partial charge in [0.05, 0.1) is 6.10 Å². The minimum absolute atomic E-state index is 0.133. The molecule has 15 heavy (non-hydrogen) atoms. The third kappa shape index (κ3) is 5.50. The van der Waals surface area contributed by atoms with Crippen LogP contribution in [-0.2, 0) is 0 Å². The highest BCUT2D eigenvalue weighted by Gasteiger charge is 2.15. The minimum atomic E-state index is -0.133. The first-order valence-electron chi connectivity index (χ1n) is 6.35. The van der Waals surface area contributed by atoms with Gasteiger partial charge >= 0.3 is 0 Å². The van der Waals surface area contributed by atoms with Gasteiger partial charge in [-0.2, -0.15) is 0 Å². The van der Waals surface area contributed by atoms with Crippen molar-refractivity contribution in [2.75, 3.05) is 39.3 Å². The predicted molar refractivity (Wildman–Crippen MR) is 64.1 cm³/mol. The van der Waals surface area contributed by atoms with Gasteiger partial charge in [0.15, 0.2) is 0 Å². The Kier molecular flexibility index (Phi) is 6.22. The maximum absolute atomic E-state index is 9.17. The minimum Gasteiger partial charge on any atom is -0.393 e. The molecule has 0 aromatic carbocycles. The van der Waals surface area contributed by atoms with Crippen LogP contribution in [0.4, 0.5) is 0 Å². The smallest absolute Gasteiger partial charge is 0.0512 e. The van der Waals surface area contributed by atoms with Crippen molar-refractivity contribution in [3.05, 3.63) is 0 Å². The van der Waals surface area contributed by atoms with Crippen LogP contribution in [0.25, 0.3) is 0 Å². The highest BCUT2D eigenvalue weighted by atomic mass is 16.3. The molecule has 3 nitrogen and oxygen atoms in total. The molecule has 0 aromatic rings. The van der Waals surface area contributed by atoms with Crippen LogP contribution in [0.15, 0.2) is 0 Å². The number of rotatable bonds is 6. The van der Waals surface area contributed by atoms with E-state index in [2.05, 4.69) is 16.7 Å².